The van der Waals surface area contributed by atoms with Gasteiger partial charge in [-0.3, -0.25) is 4.79 Å². The molecule has 1 aliphatic rings. The molecule has 0 aliphatic heterocycles. The molecular weight excluding hydrogens is 329 g/mol. The van der Waals surface area contributed by atoms with E-state index in [0.29, 0.717) is 0 Å². The third-order valence-electron chi connectivity index (χ3n) is 5.04. The fourth-order valence-corrected chi connectivity index (χ4v) is 3.31. The van der Waals surface area contributed by atoms with Gasteiger partial charge in [0.05, 0.1) is 5.92 Å². The van der Waals surface area contributed by atoms with Gasteiger partial charge in [-0.25, -0.2) is 13.2 Å². The van der Waals surface area contributed by atoms with E-state index >= 15 is 0 Å². The summed E-state index contributed by atoms with van der Waals surface area (Å²) in [6.45, 7) is 10.0. The summed E-state index contributed by atoms with van der Waals surface area (Å²) < 4.78 is 47.8. The Labute approximate surface area is 146 Å². The molecule has 1 aliphatic carbocycles. The molecule has 1 fully saturated rings. The van der Waals surface area contributed by atoms with Crippen molar-refractivity contribution in [1.82, 2.24) is 0 Å². The highest BCUT2D eigenvalue weighted by Crippen LogP contribution is 2.59. The number of carbonyl (C=O) groups excluding carboxylic acids is 1. The maximum absolute atomic E-state index is 14.3. The van der Waals surface area contributed by atoms with Gasteiger partial charge in [0.2, 0.25) is 0 Å². The molecule has 0 unspecified atom stereocenters. The molecule has 1 aromatic carbocycles. The number of ether oxygens (including phenoxy) is 1. The lowest BCUT2D eigenvalue weighted by Gasteiger charge is -2.14. The van der Waals surface area contributed by atoms with Gasteiger partial charge in [-0.1, -0.05) is 32.1 Å². The summed E-state index contributed by atoms with van der Waals surface area (Å²) in [4.78, 5) is 12.3. The van der Waals surface area contributed by atoms with Crippen LogP contribution in [0.5, 0.6) is 0 Å². The second-order valence-electron chi connectivity index (χ2n) is 6.98. The van der Waals surface area contributed by atoms with Crippen LogP contribution < -0.4 is 0 Å². The van der Waals surface area contributed by atoms with Crippen LogP contribution in [0.4, 0.5) is 13.2 Å². The zero-order chi connectivity index (χ0) is 18.9. The molecular formula is C20H23F3O2. The third kappa shape index (κ3) is 3.37. The van der Waals surface area contributed by atoms with Crippen LogP contribution in [0.1, 0.15) is 37.5 Å². The fourth-order valence-electron chi connectivity index (χ4n) is 3.31. The summed E-state index contributed by atoms with van der Waals surface area (Å²) in [6, 6.07) is 0. The smallest absolute Gasteiger partial charge is 0.310 e. The van der Waals surface area contributed by atoms with Crippen LogP contribution in [0, 0.1) is 41.6 Å². The molecule has 0 N–H and O–H groups in total. The molecule has 0 spiro atoms. The molecule has 136 valence electrons. The van der Waals surface area contributed by atoms with Crippen molar-refractivity contribution in [3.8, 4) is 0 Å². The maximum Gasteiger partial charge on any atom is 0.310 e. The Morgan fingerprint density at radius 2 is 1.80 bits per heavy atom. The van der Waals surface area contributed by atoms with E-state index in [1.165, 1.54) is 13.0 Å². The second-order valence-corrected chi connectivity index (χ2v) is 6.98. The molecule has 5 heteroatoms. The van der Waals surface area contributed by atoms with Crippen LogP contribution in [-0.4, -0.2) is 5.97 Å². The van der Waals surface area contributed by atoms with Gasteiger partial charge < -0.3 is 4.74 Å². The molecule has 0 aromatic heterocycles. The van der Waals surface area contributed by atoms with Crippen LogP contribution in [0.25, 0.3) is 0 Å². The molecule has 25 heavy (non-hydrogen) atoms. The quantitative estimate of drug-likeness (QED) is 0.408. The molecule has 1 aromatic rings. The zero-order valence-corrected chi connectivity index (χ0v) is 15.0. The molecule has 0 heterocycles. The lowest BCUT2D eigenvalue weighted by Crippen LogP contribution is -2.14. The number of hydrogen-bond donors (Lipinski definition) is 0. The van der Waals surface area contributed by atoms with Crippen LogP contribution in [0.15, 0.2) is 24.8 Å². The highest BCUT2D eigenvalue weighted by atomic mass is 19.2. The topological polar surface area (TPSA) is 26.3 Å². The molecule has 2 atom stereocenters. The predicted molar refractivity (Wildman–Crippen MR) is 90.3 cm³/mol. The van der Waals surface area contributed by atoms with E-state index in [4.69, 9.17) is 4.74 Å². The average Bonchev–Trinajstić information content (AvgIpc) is 3.10. The largest absolute Gasteiger partial charge is 0.460 e. The Hall–Kier alpha value is -2.04. The Kier molecular flexibility index (Phi) is 5.45. The van der Waals surface area contributed by atoms with E-state index in [0.717, 1.165) is 0 Å². The van der Waals surface area contributed by atoms with E-state index in [9.17, 15) is 18.0 Å². The first-order valence-corrected chi connectivity index (χ1v) is 8.23. The number of benzene rings is 1. The van der Waals surface area contributed by atoms with E-state index in [2.05, 4.69) is 6.58 Å². The standard InChI is InChI=1S/C20H23F3O2/c1-6-8-12-16(21)11(3)13(18(23)17(12)22)10-25-19(24)15-14(9-7-2)20(15,4)5/h6-7,9,14-15H,1,8,10H2,2-5H3/t14-,15+/m1/s1. The molecule has 0 saturated heterocycles. The SMILES string of the molecule is C=CCc1c(F)c(C)c(COC(=O)[C@@H]2[C@@H](C=CC)C2(C)C)c(F)c1F. The van der Waals surface area contributed by atoms with Crippen LogP contribution in [0.3, 0.4) is 0 Å². The highest BCUT2D eigenvalue weighted by Gasteiger charge is 2.61. The van der Waals surface area contributed by atoms with Gasteiger partial charge >= 0.3 is 5.97 Å². The van der Waals surface area contributed by atoms with Gasteiger partial charge in [0.25, 0.3) is 0 Å². The summed E-state index contributed by atoms with van der Waals surface area (Å²) in [5.74, 6) is -4.02. The Balaban J connectivity index is 2.19. The maximum atomic E-state index is 14.3. The van der Waals surface area contributed by atoms with Crippen molar-refractivity contribution in [1.29, 1.82) is 0 Å². The van der Waals surface area contributed by atoms with Gasteiger partial charge in [-0.15, -0.1) is 6.58 Å². The van der Waals surface area contributed by atoms with E-state index in [-0.39, 0.29) is 40.4 Å². The summed E-state index contributed by atoms with van der Waals surface area (Å²) in [7, 11) is 0. The van der Waals surface area contributed by atoms with Gasteiger partial charge in [0, 0.05) is 11.1 Å². The minimum atomic E-state index is -1.26. The lowest BCUT2D eigenvalue weighted by atomic mass is 10.0. The van der Waals surface area contributed by atoms with Crippen molar-refractivity contribution in [2.45, 2.75) is 40.7 Å². The lowest BCUT2D eigenvalue weighted by molar-refractivity contribution is -0.147. The van der Waals surface area contributed by atoms with Crippen molar-refractivity contribution in [3.63, 3.8) is 0 Å². The summed E-state index contributed by atoms with van der Waals surface area (Å²) in [5, 5.41) is 0. The minimum absolute atomic E-state index is 0.0522. The first-order chi connectivity index (χ1) is 11.7. The van der Waals surface area contributed by atoms with Crippen molar-refractivity contribution in [2.75, 3.05) is 0 Å². The highest BCUT2D eigenvalue weighted by molar-refractivity contribution is 5.78. The average molecular weight is 352 g/mol. The number of rotatable bonds is 6. The van der Waals surface area contributed by atoms with Crippen LogP contribution in [-0.2, 0) is 22.6 Å². The first kappa shape index (κ1) is 19.3. The number of carbonyl (C=O) groups is 1. The van der Waals surface area contributed by atoms with Gasteiger partial charge in [0.15, 0.2) is 11.6 Å². The monoisotopic (exact) mass is 352 g/mol. The Morgan fingerprint density at radius 3 is 2.36 bits per heavy atom. The fraction of sp³-hybridized carbons (Fsp3) is 0.450. The van der Waals surface area contributed by atoms with Crippen LogP contribution in [0.2, 0.25) is 0 Å². The van der Waals surface area contributed by atoms with Gasteiger partial charge in [0.1, 0.15) is 12.4 Å². The predicted octanol–water partition coefficient (Wildman–Crippen LogP) is 5.03. The number of allylic oxidation sites excluding steroid dienone is 3. The summed E-state index contributed by atoms with van der Waals surface area (Å²) in [6.07, 6.45) is 4.99. The van der Waals surface area contributed by atoms with Crippen molar-refractivity contribution >= 4 is 5.97 Å². The first-order valence-electron chi connectivity index (χ1n) is 8.23. The molecule has 0 amide bonds. The molecule has 0 radical (unpaired) electrons. The Bertz CT molecular complexity index is 706. The van der Waals surface area contributed by atoms with Gasteiger partial charge in [-0.05, 0) is 37.2 Å². The van der Waals surface area contributed by atoms with E-state index < -0.39 is 30.0 Å². The Morgan fingerprint density at radius 1 is 1.20 bits per heavy atom. The zero-order valence-electron chi connectivity index (χ0n) is 15.0. The summed E-state index contributed by atoms with van der Waals surface area (Å²) >= 11 is 0. The molecule has 1 saturated carbocycles. The van der Waals surface area contributed by atoms with Crippen molar-refractivity contribution in [2.24, 2.45) is 17.3 Å². The molecule has 2 rings (SSSR count). The van der Waals surface area contributed by atoms with Gasteiger partial charge in [-0.2, -0.15) is 0 Å². The third-order valence-corrected chi connectivity index (χ3v) is 5.04. The van der Waals surface area contributed by atoms with Crippen molar-refractivity contribution < 1.29 is 22.7 Å². The molecule has 2 nitrogen and oxygen atoms in total. The van der Waals surface area contributed by atoms with Crippen molar-refractivity contribution in [3.05, 3.63) is 58.9 Å². The number of esters is 1. The minimum Gasteiger partial charge on any atom is -0.460 e. The summed E-state index contributed by atoms with van der Waals surface area (Å²) in [5.41, 5.74) is -0.918. The molecule has 0 bridgehead atoms. The van der Waals surface area contributed by atoms with Crippen LogP contribution >= 0.6 is 0 Å². The number of halogens is 3. The second kappa shape index (κ2) is 7.06. The number of hydrogen-bond acceptors (Lipinski definition) is 2. The van der Waals surface area contributed by atoms with E-state index in [1.807, 2.05) is 32.9 Å². The van der Waals surface area contributed by atoms with E-state index in [1.54, 1.807) is 0 Å². The normalized spacial score (nSPS) is 21.4.